The summed E-state index contributed by atoms with van der Waals surface area (Å²) in [5, 5.41) is 15.3. The average Bonchev–Trinajstić information content (AvgIpc) is 2.71. The zero-order valence-corrected chi connectivity index (χ0v) is 16.0. The molecule has 0 radical (unpaired) electrons. The van der Waals surface area contributed by atoms with E-state index in [4.69, 9.17) is 4.74 Å². The lowest BCUT2D eigenvalue weighted by Gasteiger charge is -2.14. The van der Waals surface area contributed by atoms with Gasteiger partial charge in [0.05, 0.1) is 7.11 Å². The van der Waals surface area contributed by atoms with Crippen LogP contribution in [0.1, 0.15) is 30.5 Å². The van der Waals surface area contributed by atoms with Gasteiger partial charge in [-0.1, -0.05) is 44.2 Å². The number of nitriles is 1. The predicted octanol–water partition coefficient (Wildman–Crippen LogP) is 3.96. The second kappa shape index (κ2) is 10.0. The normalized spacial score (nSPS) is 10.8. The van der Waals surface area contributed by atoms with Crippen molar-refractivity contribution in [2.24, 2.45) is 0 Å². The number of hydrogen-bond acceptors (Lipinski definition) is 4. The van der Waals surface area contributed by atoms with Gasteiger partial charge in [0.15, 0.2) is 0 Å². The summed E-state index contributed by atoms with van der Waals surface area (Å²) in [6, 6.07) is 15.5. The first-order chi connectivity index (χ1) is 13.1. The first-order valence-electron chi connectivity index (χ1n) is 9.01. The van der Waals surface area contributed by atoms with E-state index in [1.165, 1.54) is 6.20 Å². The molecule has 5 nitrogen and oxygen atoms in total. The quantitative estimate of drug-likeness (QED) is 0.550. The number of benzene rings is 2. The number of rotatable bonds is 8. The summed E-state index contributed by atoms with van der Waals surface area (Å²) in [5.41, 5.74) is 3.99. The lowest BCUT2D eigenvalue weighted by molar-refractivity contribution is -0.112. The third-order valence-electron chi connectivity index (χ3n) is 4.31. The molecule has 0 aliphatic rings. The van der Waals surface area contributed by atoms with E-state index in [-0.39, 0.29) is 5.57 Å². The van der Waals surface area contributed by atoms with E-state index in [1.807, 2.05) is 62.4 Å². The minimum Gasteiger partial charge on any atom is -0.497 e. The van der Waals surface area contributed by atoms with Crippen LogP contribution in [0, 0.1) is 11.3 Å². The summed E-state index contributed by atoms with van der Waals surface area (Å²) in [6.45, 7) is 4.60. The maximum atomic E-state index is 12.5. The van der Waals surface area contributed by atoms with Crippen LogP contribution >= 0.6 is 0 Å². The van der Waals surface area contributed by atoms with E-state index in [9.17, 15) is 10.1 Å². The molecule has 0 saturated heterocycles. The first-order valence-corrected chi connectivity index (χ1v) is 9.01. The number of nitrogens with one attached hydrogen (secondary N) is 2. The summed E-state index contributed by atoms with van der Waals surface area (Å²) in [4.78, 5) is 12.5. The number of para-hydroxylation sites is 1. The Bertz CT molecular complexity index is 827. The predicted molar refractivity (Wildman–Crippen MR) is 107 cm³/mol. The van der Waals surface area contributed by atoms with E-state index < -0.39 is 5.91 Å². The third kappa shape index (κ3) is 5.35. The van der Waals surface area contributed by atoms with Gasteiger partial charge in [-0.3, -0.25) is 4.79 Å². The van der Waals surface area contributed by atoms with Gasteiger partial charge in [0.2, 0.25) is 0 Å². The molecule has 140 valence electrons. The van der Waals surface area contributed by atoms with Gasteiger partial charge in [-0.05, 0) is 41.7 Å². The molecule has 5 heteroatoms. The van der Waals surface area contributed by atoms with Crippen molar-refractivity contribution in [3.8, 4) is 11.8 Å². The van der Waals surface area contributed by atoms with Crippen molar-refractivity contribution in [3.63, 3.8) is 0 Å². The van der Waals surface area contributed by atoms with Gasteiger partial charge in [0, 0.05) is 18.4 Å². The first kappa shape index (κ1) is 20.1. The van der Waals surface area contributed by atoms with E-state index >= 15 is 0 Å². The third-order valence-corrected chi connectivity index (χ3v) is 4.31. The van der Waals surface area contributed by atoms with Gasteiger partial charge in [-0.2, -0.15) is 5.26 Å². The van der Waals surface area contributed by atoms with Crippen LogP contribution in [0.2, 0.25) is 0 Å². The molecular weight excluding hydrogens is 338 g/mol. The van der Waals surface area contributed by atoms with E-state index in [0.717, 1.165) is 41.0 Å². The zero-order valence-electron chi connectivity index (χ0n) is 16.0. The van der Waals surface area contributed by atoms with Crippen LogP contribution in [-0.4, -0.2) is 13.0 Å². The molecule has 0 spiro atoms. The number of carbonyl (C=O) groups is 1. The number of aryl methyl sites for hydroxylation is 2. The van der Waals surface area contributed by atoms with Crippen LogP contribution in [0.3, 0.4) is 0 Å². The molecule has 27 heavy (non-hydrogen) atoms. The number of hydrogen-bond donors (Lipinski definition) is 2. The highest BCUT2D eigenvalue weighted by Crippen LogP contribution is 2.23. The smallest absolute Gasteiger partial charge is 0.267 e. The maximum Gasteiger partial charge on any atom is 0.267 e. The topological polar surface area (TPSA) is 74.2 Å². The lowest BCUT2D eigenvalue weighted by Crippen LogP contribution is -2.18. The van der Waals surface area contributed by atoms with Gasteiger partial charge in [-0.25, -0.2) is 0 Å². The van der Waals surface area contributed by atoms with E-state index in [0.29, 0.717) is 6.54 Å². The SMILES string of the molecule is CCc1cccc(CC)c1NC(=O)/C(C#N)=C\NCc1ccc(OC)cc1. The maximum absolute atomic E-state index is 12.5. The largest absolute Gasteiger partial charge is 0.497 e. The Morgan fingerprint density at radius 1 is 1.11 bits per heavy atom. The Morgan fingerprint density at radius 2 is 1.74 bits per heavy atom. The zero-order chi connectivity index (χ0) is 19.6. The number of nitrogens with zero attached hydrogens (tertiary/aromatic N) is 1. The summed E-state index contributed by atoms with van der Waals surface area (Å²) in [6.07, 6.45) is 3.08. The summed E-state index contributed by atoms with van der Waals surface area (Å²) >= 11 is 0. The van der Waals surface area contributed by atoms with Crippen LogP contribution in [0.15, 0.2) is 54.2 Å². The summed E-state index contributed by atoms with van der Waals surface area (Å²) in [5.74, 6) is 0.378. The molecule has 2 N–H and O–H groups in total. The Kier molecular flexibility index (Phi) is 7.45. The van der Waals surface area contributed by atoms with Crippen molar-refractivity contribution in [1.29, 1.82) is 5.26 Å². The molecule has 0 aliphatic heterocycles. The average molecular weight is 363 g/mol. The molecule has 0 fully saturated rings. The van der Waals surface area contributed by atoms with Gasteiger partial charge >= 0.3 is 0 Å². The highest BCUT2D eigenvalue weighted by atomic mass is 16.5. The van der Waals surface area contributed by atoms with Crippen molar-refractivity contribution < 1.29 is 9.53 Å². The van der Waals surface area contributed by atoms with Crippen LogP contribution in [0.4, 0.5) is 5.69 Å². The number of anilines is 1. The van der Waals surface area contributed by atoms with Crippen LogP contribution in [0.5, 0.6) is 5.75 Å². The Balaban J connectivity index is 2.07. The highest BCUT2D eigenvalue weighted by Gasteiger charge is 2.13. The number of carbonyl (C=O) groups excluding carboxylic acids is 1. The minimum absolute atomic E-state index is 0.0384. The molecular formula is C22H25N3O2. The van der Waals surface area contributed by atoms with Crippen LogP contribution < -0.4 is 15.4 Å². The van der Waals surface area contributed by atoms with Gasteiger partial charge < -0.3 is 15.4 Å². The highest BCUT2D eigenvalue weighted by molar-refractivity contribution is 6.07. The summed E-state index contributed by atoms with van der Waals surface area (Å²) in [7, 11) is 1.62. The standard InChI is InChI=1S/C22H25N3O2/c1-4-17-7-6-8-18(5-2)21(17)25-22(26)19(13-23)15-24-14-16-9-11-20(27-3)12-10-16/h6-12,15,24H,4-5,14H2,1-3H3,(H,25,26)/b19-15-. The lowest BCUT2D eigenvalue weighted by atomic mass is 10.0. The second-order valence-corrected chi connectivity index (χ2v) is 6.01. The van der Waals surface area contributed by atoms with Gasteiger partial charge in [-0.15, -0.1) is 0 Å². The fourth-order valence-electron chi connectivity index (χ4n) is 2.75. The molecule has 0 unspecified atom stereocenters. The fraction of sp³-hybridized carbons (Fsp3) is 0.273. The number of methoxy groups -OCH3 is 1. The molecule has 2 rings (SSSR count). The molecule has 2 aromatic carbocycles. The van der Waals surface area contributed by atoms with Crippen molar-refractivity contribution in [2.75, 3.05) is 12.4 Å². The molecule has 0 atom stereocenters. The number of ether oxygens (including phenoxy) is 1. The van der Waals surface area contributed by atoms with E-state index in [2.05, 4.69) is 10.6 Å². The number of amides is 1. The van der Waals surface area contributed by atoms with Crippen molar-refractivity contribution >= 4 is 11.6 Å². The molecule has 1 amide bonds. The summed E-state index contributed by atoms with van der Waals surface area (Å²) < 4.78 is 5.13. The van der Waals surface area contributed by atoms with Crippen molar-refractivity contribution in [3.05, 3.63) is 70.9 Å². The van der Waals surface area contributed by atoms with Gasteiger partial charge in [0.25, 0.3) is 5.91 Å². The Labute approximate surface area is 160 Å². The molecule has 2 aromatic rings. The second-order valence-electron chi connectivity index (χ2n) is 6.01. The molecule has 0 heterocycles. The molecule has 0 bridgehead atoms. The minimum atomic E-state index is -0.407. The van der Waals surface area contributed by atoms with Crippen molar-refractivity contribution in [2.45, 2.75) is 33.2 Å². The molecule has 0 aliphatic carbocycles. The van der Waals surface area contributed by atoms with Crippen molar-refractivity contribution in [1.82, 2.24) is 5.32 Å². The van der Waals surface area contributed by atoms with Crippen LogP contribution in [-0.2, 0) is 24.2 Å². The van der Waals surface area contributed by atoms with Crippen LogP contribution in [0.25, 0.3) is 0 Å². The Morgan fingerprint density at radius 3 is 2.26 bits per heavy atom. The Hall–Kier alpha value is -3.26. The fourth-order valence-corrected chi connectivity index (χ4v) is 2.75. The van der Waals surface area contributed by atoms with E-state index in [1.54, 1.807) is 7.11 Å². The molecule has 0 aromatic heterocycles. The van der Waals surface area contributed by atoms with Gasteiger partial charge in [0.1, 0.15) is 17.4 Å². The monoisotopic (exact) mass is 363 g/mol. The molecule has 0 saturated carbocycles.